The second-order valence-electron chi connectivity index (χ2n) is 16.0. The van der Waals surface area contributed by atoms with Gasteiger partial charge in [-0.3, -0.25) is 19.2 Å². The molecule has 2 aliphatic carbocycles. The molecule has 1 aromatic rings. The molecule has 5 rings (SSSR count). The van der Waals surface area contributed by atoms with Crippen molar-refractivity contribution in [2.75, 3.05) is 19.7 Å². The average Bonchev–Trinajstić information content (AvgIpc) is 3.58. The SMILES string of the molecule is C=C=CC(=O)N1Cc2cccc(C(C)CCCC3(COC(=O)NCC(=O)N4CCCC4C(=O)NC(CCC)C(=O)NS(=O)(=O)OC4(C)CC4)CCCC3)c2C1. The van der Waals surface area contributed by atoms with Crippen LogP contribution in [0.3, 0.4) is 0 Å². The molecule has 55 heavy (non-hydrogen) atoms. The molecule has 2 heterocycles. The summed E-state index contributed by atoms with van der Waals surface area (Å²) in [4.78, 5) is 67.8. The lowest BCUT2D eigenvalue weighted by molar-refractivity contribution is -0.138. The van der Waals surface area contributed by atoms with E-state index in [-0.39, 0.29) is 30.9 Å². The highest BCUT2D eigenvalue weighted by molar-refractivity contribution is 7.85. The van der Waals surface area contributed by atoms with E-state index in [2.05, 4.69) is 48.1 Å². The molecule has 1 saturated heterocycles. The normalized spacial score (nSPS) is 20.5. The molecule has 3 fully saturated rings. The summed E-state index contributed by atoms with van der Waals surface area (Å²) in [5.74, 6) is -1.72. The number of ether oxygens (including phenoxy) is 1. The molecule has 3 atom stereocenters. The van der Waals surface area contributed by atoms with Crippen LogP contribution in [-0.2, 0) is 51.5 Å². The van der Waals surface area contributed by atoms with Crippen LogP contribution in [0.5, 0.6) is 0 Å². The van der Waals surface area contributed by atoms with Crippen LogP contribution >= 0.6 is 0 Å². The number of hydrogen-bond acceptors (Lipinski definition) is 9. The lowest BCUT2D eigenvalue weighted by Crippen LogP contribution is -2.55. The van der Waals surface area contributed by atoms with Gasteiger partial charge >= 0.3 is 16.4 Å². The molecular formula is C40H57N5O9S. The summed E-state index contributed by atoms with van der Waals surface area (Å²) in [5.41, 5.74) is 5.29. The molecule has 302 valence electrons. The molecule has 0 spiro atoms. The van der Waals surface area contributed by atoms with Crippen LogP contribution in [0.15, 0.2) is 36.6 Å². The molecule has 14 nitrogen and oxygen atoms in total. The number of carbonyl (C=O) groups excluding carboxylic acids is 5. The summed E-state index contributed by atoms with van der Waals surface area (Å²) >= 11 is 0. The third-order valence-corrected chi connectivity index (χ3v) is 12.6. The van der Waals surface area contributed by atoms with Crippen molar-refractivity contribution in [1.82, 2.24) is 25.2 Å². The number of hydrogen-bond donors (Lipinski definition) is 3. The molecule has 0 aromatic heterocycles. The Kier molecular flexibility index (Phi) is 13.9. The summed E-state index contributed by atoms with van der Waals surface area (Å²) in [6, 6.07) is 4.29. The van der Waals surface area contributed by atoms with Crippen LogP contribution < -0.4 is 15.4 Å². The van der Waals surface area contributed by atoms with Gasteiger partial charge in [0.25, 0.3) is 11.8 Å². The molecule has 0 radical (unpaired) electrons. The minimum Gasteiger partial charge on any atom is -0.449 e. The predicted octanol–water partition coefficient (Wildman–Crippen LogP) is 4.64. The summed E-state index contributed by atoms with van der Waals surface area (Å²) in [6.07, 6.45) is 10.3. The van der Waals surface area contributed by atoms with Gasteiger partial charge in [0.1, 0.15) is 18.6 Å². The van der Waals surface area contributed by atoms with Crippen molar-refractivity contribution in [3.05, 3.63) is 53.3 Å². The van der Waals surface area contributed by atoms with Gasteiger partial charge in [0.2, 0.25) is 11.8 Å². The van der Waals surface area contributed by atoms with Gasteiger partial charge in [0.15, 0.2) is 0 Å². The van der Waals surface area contributed by atoms with Crippen molar-refractivity contribution >= 4 is 40.0 Å². The molecule has 0 bridgehead atoms. The van der Waals surface area contributed by atoms with E-state index in [9.17, 15) is 32.4 Å². The highest BCUT2D eigenvalue weighted by atomic mass is 32.2. The molecule has 1 aromatic carbocycles. The van der Waals surface area contributed by atoms with Crippen LogP contribution in [0, 0.1) is 5.41 Å². The van der Waals surface area contributed by atoms with E-state index >= 15 is 0 Å². The topological polar surface area (TPSA) is 181 Å². The van der Waals surface area contributed by atoms with Crippen LogP contribution in [0.2, 0.25) is 0 Å². The summed E-state index contributed by atoms with van der Waals surface area (Å²) < 4.78 is 37.4. The highest BCUT2D eigenvalue weighted by Crippen LogP contribution is 2.44. The van der Waals surface area contributed by atoms with E-state index in [1.807, 2.05) is 4.72 Å². The van der Waals surface area contributed by atoms with Gasteiger partial charge in [-0.2, -0.15) is 8.42 Å². The largest absolute Gasteiger partial charge is 0.449 e. The molecule has 4 aliphatic rings. The highest BCUT2D eigenvalue weighted by Gasteiger charge is 2.44. The molecule has 2 aliphatic heterocycles. The monoisotopic (exact) mass is 783 g/mol. The van der Waals surface area contributed by atoms with E-state index in [1.54, 1.807) is 18.7 Å². The van der Waals surface area contributed by atoms with Gasteiger partial charge in [-0.1, -0.05) is 64.3 Å². The summed E-state index contributed by atoms with van der Waals surface area (Å²) in [7, 11) is -4.36. The van der Waals surface area contributed by atoms with E-state index < -0.39 is 51.8 Å². The smallest absolute Gasteiger partial charge is 0.407 e. The molecule has 15 heteroatoms. The fourth-order valence-electron chi connectivity index (χ4n) is 8.20. The van der Waals surface area contributed by atoms with Crippen molar-refractivity contribution in [3.8, 4) is 0 Å². The molecule has 2 saturated carbocycles. The van der Waals surface area contributed by atoms with Crippen LogP contribution in [0.1, 0.15) is 127 Å². The lowest BCUT2D eigenvalue weighted by Gasteiger charge is -2.29. The maximum Gasteiger partial charge on any atom is 0.407 e. The van der Waals surface area contributed by atoms with Crippen molar-refractivity contribution < 1.29 is 41.3 Å². The van der Waals surface area contributed by atoms with E-state index in [0.717, 1.165) is 44.9 Å². The van der Waals surface area contributed by atoms with E-state index in [1.165, 1.54) is 27.7 Å². The molecule has 5 amide bonds. The number of benzene rings is 1. The third-order valence-electron chi connectivity index (χ3n) is 11.6. The number of likely N-dealkylation sites (tertiary alicyclic amines) is 1. The quantitative estimate of drug-likeness (QED) is 0.141. The zero-order chi connectivity index (χ0) is 39.8. The number of nitrogens with zero attached hydrogens (tertiary/aromatic N) is 2. The number of rotatable bonds is 18. The fourth-order valence-corrected chi connectivity index (χ4v) is 9.32. The van der Waals surface area contributed by atoms with Crippen molar-refractivity contribution in [1.29, 1.82) is 0 Å². The van der Waals surface area contributed by atoms with E-state index in [4.69, 9.17) is 8.92 Å². The van der Waals surface area contributed by atoms with Gasteiger partial charge in [0, 0.05) is 31.1 Å². The predicted molar refractivity (Wildman–Crippen MR) is 204 cm³/mol. The fraction of sp³-hybridized carbons (Fsp3) is 0.650. The van der Waals surface area contributed by atoms with Crippen LogP contribution in [0.25, 0.3) is 0 Å². The van der Waals surface area contributed by atoms with Crippen molar-refractivity contribution in [2.24, 2.45) is 5.41 Å². The Bertz CT molecular complexity index is 1760. The van der Waals surface area contributed by atoms with Gasteiger partial charge in [-0.25, -0.2) is 13.7 Å². The Balaban J connectivity index is 1.07. The Morgan fingerprint density at radius 2 is 1.82 bits per heavy atom. The number of amides is 5. The Labute approximate surface area is 325 Å². The maximum absolute atomic E-state index is 13.3. The number of alkyl carbamates (subject to hydrolysis) is 1. The first-order chi connectivity index (χ1) is 26.2. The second-order valence-corrected chi connectivity index (χ2v) is 17.3. The zero-order valence-electron chi connectivity index (χ0n) is 32.5. The van der Waals surface area contributed by atoms with E-state index in [0.29, 0.717) is 57.7 Å². The van der Waals surface area contributed by atoms with Gasteiger partial charge < -0.3 is 25.2 Å². The minimum absolute atomic E-state index is 0.0879. The Hall–Kier alpha value is -4.20. The third kappa shape index (κ3) is 11.2. The maximum atomic E-state index is 13.3. The first-order valence-corrected chi connectivity index (χ1v) is 21.1. The Morgan fingerprint density at radius 1 is 1.07 bits per heavy atom. The first-order valence-electron chi connectivity index (χ1n) is 19.7. The van der Waals surface area contributed by atoms with Crippen LogP contribution in [-0.4, -0.2) is 85.3 Å². The number of carbonyl (C=O) groups is 5. The van der Waals surface area contributed by atoms with Gasteiger partial charge in [-0.05, 0) is 87.3 Å². The number of nitrogens with one attached hydrogen (secondary N) is 3. The van der Waals surface area contributed by atoms with Crippen molar-refractivity contribution in [3.63, 3.8) is 0 Å². The summed E-state index contributed by atoms with van der Waals surface area (Å²) in [5, 5.41) is 5.18. The first kappa shape index (κ1) is 42.0. The molecule has 3 N–H and O–H groups in total. The standard InChI is InChI=1S/C40H57N5O9S/c1-5-12-32(36(48)43-55(51,52)54-39(4)21-22-39)42-37(49)33-17-11-23-45(33)35(47)24-41-38(50)53-27-40(18-7-8-19-40)20-10-14-28(3)30-16-9-15-29-25-44(26-31(29)30)34(46)13-6-2/h9,13,15-16,28,32-33H,2,5,7-8,10-12,14,17-27H2,1,3-4H3,(H,41,50)(H,42,49)(H,43,48). The zero-order valence-corrected chi connectivity index (χ0v) is 33.3. The van der Waals surface area contributed by atoms with Crippen molar-refractivity contribution in [2.45, 2.75) is 141 Å². The van der Waals surface area contributed by atoms with Gasteiger partial charge in [-0.15, -0.1) is 5.73 Å². The second kappa shape index (κ2) is 18.2. The minimum atomic E-state index is -4.36. The molecule has 3 unspecified atom stereocenters. The summed E-state index contributed by atoms with van der Waals surface area (Å²) in [6.45, 7) is 10.5. The molecular weight excluding hydrogens is 727 g/mol. The van der Waals surface area contributed by atoms with Gasteiger partial charge in [0.05, 0.1) is 12.2 Å². The number of fused-ring (bicyclic) bond motifs is 1. The lowest BCUT2D eigenvalue weighted by atomic mass is 9.80. The Morgan fingerprint density at radius 3 is 2.51 bits per heavy atom. The average molecular weight is 784 g/mol. The van der Waals surface area contributed by atoms with Crippen LogP contribution in [0.4, 0.5) is 4.79 Å².